The van der Waals surface area contributed by atoms with E-state index in [2.05, 4.69) is 39.3 Å². The molecule has 0 N–H and O–H groups in total. The molecule has 0 bridgehead atoms. The van der Waals surface area contributed by atoms with Crippen molar-refractivity contribution in [3.8, 4) is 22.6 Å². The summed E-state index contributed by atoms with van der Waals surface area (Å²) in [5.74, 6) is 0.853. The molecule has 1 heterocycles. The van der Waals surface area contributed by atoms with Crippen molar-refractivity contribution >= 4 is 27.5 Å². The Morgan fingerprint density at radius 1 is 1.00 bits per heavy atom. The number of aromatic nitrogens is 1. The average molecular weight is 473 g/mol. The third kappa shape index (κ3) is 3.70. The third-order valence-corrected chi connectivity index (χ3v) is 6.67. The fourth-order valence-electron chi connectivity index (χ4n) is 4.11. The van der Waals surface area contributed by atoms with Crippen molar-refractivity contribution in [3.05, 3.63) is 94.0 Å². The van der Waals surface area contributed by atoms with E-state index in [1.807, 2.05) is 54.6 Å². The lowest BCUT2D eigenvalue weighted by atomic mass is 9.88. The van der Waals surface area contributed by atoms with Crippen LogP contribution in [0.15, 0.2) is 81.8 Å². The highest BCUT2D eigenvalue weighted by molar-refractivity contribution is 9.10. The van der Waals surface area contributed by atoms with E-state index in [1.54, 1.807) is 11.9 Å². The van der Waals surface area contributed by atoms with Gasteiger partial charge in [0.05, 0.1) is 6.42 Å². The smallest absolute Gasteiger partial charge is 0.231 e. The quantitative estimate of drug-likeness (QED) is 0.361. The first-order valence-corrected chi connectivity index (χ1v) is 11.1. The summed E-state index contributed by atoms with van der Waals surface area (Å²) in [5, 5.41) is 4.37. The molecule has 1 amide bonds. The van der Waals surface area contributed by atoms with E-state index in [1.165, 1.54) is 5.56 Å². The number of hydrogen-bond acceptors (Lipinski definition) is 3. The highest BCUT2D eigenvalue weighted by Gasteiger charge is 2.24. The first kappa shape index (κ1) is 19.8. The molecule has 31 heavy (non-hydrogen) atoms. The number of aryl methyl sites for hydroxylation is 1. The van der Waals surface area contributed by atoms with Crippen LogP contribution in [0.2, 0.25) is 0 Å². The standard InChI is InChI=1S/C26H21BrN2O2/c1-29(24(30)16-19-7-3-5-9-23(19)27)20-13-10-18(11-14-20)26-22-15-12-17-6-2-4-8-21(17)25(22)28-31-26/h2-11,13-14H,12,15-16H2,1H3. The Hall–Kier alpha value is -3.18. The number of amides is 1. The SMILES string of the molecule is CN(C(=O)Cc1ccccc1Br)c1ccc(-c2onc3c2CCc2ccccc2-3)cc1. The summed E-state index contributed by atoms with van der Waals surface area (Å²) in [7, 11) is 1.81. The minimum absolute atomic E-state index is 0.0355. The second-order valence-corrected chi connectivity index (χ2v) is 8.62. The minimum atomic E-state index is 0.0355. The Balaban J connectivity index is 1.37. The highest BCUT2D eigenvalue weighted by Crippen LogP contribution is 2.38. The van der Waals surface area contributed by atoms with Gasteiger partial charge in [-0.3, -0.25) is 4.79 Å². The van der Waals surface area contributed by atoms with Gasteiger partial charge < -0.3 is 9.42 Å². The van der Waals surface area contributed by atoms with Crippen LogP contribution in [0, 0.1) is 0 Å². The molecule has 0 fully saturated rings. The molecule has 5 rings (SSSR count). The second kappa shape index (κ2) is 8.16. The van der Waals surface area contributed by atoms with Crippen LogP contribution >= 0.6 is 15.9 Å². The lowest BCUT2D eigenvalue weighted by Gasteiger charge is -2.18. The van der Waals surface area contributed by atoms with Crippen molar-refractivity contribution in [1.29, 1.82) is 0 Å². The molecule has 3 aromatic carbocycles. The Bertz CT molecular complexity index is 1260. The summed E-state index contributed by atoms with van der Waals surface area (Å²) < 4.78 is 6.71. The van der Waals surface area contributed by atoms with Crippen LogP contribution in [0.3, 0.4) is 0 Å². The molecule has 0 spiro atoms. The number of nitrogens with zero attached hydrogens (tertiary/aromatic N) is 2. The predicted octanol–water partition coefficient (Wildman–Crippen LogP) is 6.08. The first-order chi connectivity index (χ1) is 15.1. The molecule has 0 atom stereocenters. The summed E-state index contributed by atoms with van der Waals surface area (Å²) >= 11 is 3.51. The van der Waals surface area contributed by atoms with Gasteiger partial charge in [-0.15, -0.1) is 0 Å². The van der Waals surface area contributed by atoms with E-state index in [9.17, 15) is 4.79 Å². The molecule has 4 nitrogen and oxygen atoms in total. The van der Waals surface area contributed by atoms with Gasteiger partial charge in [-0.1, -0.05) is 63.6 Å². The zero-order valence-electron chi connectivity index (χ0n) is 17.1. The zero-order chi connectivity index (χ0) is 21.4. The van der Waals surface area contributed by atoms with Gasteiger partial charge >= 0.3 is 0 Å². The fourth-order valence-corrected chi connectivity index (χ4v) is 4.54. The summed E-state index contributed by atoms with van der Waals surface area (Å²) in [6.45, 7) is 0. The van der Waals surface area contributed by atoms with Crippen LogP contribution in [0.5, 0.6) is 0 Å². The number of likely N-dealkylation sites (N-methyl/N-ethyl adjacent to an activating group) is 1. The maximum Gasteiger partial charge on any atom is 0.231 e. The van der Waals surface area contributed by atoms with E-state index >= 15 is 0 Å². The Morgan fingerprint density at radius 2 is 1.74 bits per heavy atom. The van der Waals surface area contributed by atoms with Crippen molar-refractivity contribution in [3.63, 3.8) is 0 Å². The molecule has 0 saturated carbocycles. The first-order valence-electron chi connectivity index (χ1n) is 10.3. The van der Waals surface area contributed by atoms with E-state index < -0.39 is 0 Å². The zero-order valence-corrected chi connectivity index (χ0v) is 18.7. The van der Waals surface area contributed by atoms with Gasteiger partial charge in [0.2, 0.25) is 5.91 Å². The lowest BCUT2D eigenvalue weighted by Crippen LogP contribution is -2.27. The van der Waals surface area contributed by atoms with Gasteiger partial charge in [-0.05, 0) is 54.3 Å². The van der Waals surface area contributed by atoms with Crippen molar-refractivity contribution < 1.29 is 9.32 Å². The highest BCUT2D eigenvalue weighted by atomic mass is 79.9. The molecule has 1 aliphatic rings. The van der Waals surface area contributed by atoms with Gasteiger partial charge in [0.1, 0.15) is 5.69 Å². The molecular formula is C26H21BrN2O2. The maximum atomic E-state index is 12.8. The molecule has 0 aliphatic heterocycles. The molecule has 4 aromatic rings. The summed E-state index contributed by atoms with van der Waals surface area (Å²) in [6, 6.07) is 24.1. The molecule has 0 saturated heterocycles. The maximum absolute atomic E-state index is 12.8. The van der Waals surface area contributed by atoms with E-state index in [4.69, 9.17) is 4.52 Å². The third-order valence-electron chi connectivity index (χ3n) is 5.90. The largest absolute Gasteiger partial charge is 0.355 e. The van der Waals surface area contributed by atoms with Crippen LogP contribution in [-0.4, -0.2) is 18.1 Å². The number of carbonyl (C=O) groups excluding carboxylic acids is 1. The van der Waals surface area contributed by atoms with Crippen LogP contribution in [-0.2, 0) is 24.1 Å². The number of hydrogen-bond donors (Lipinski definition) is 0. The monoisotopic (exact) mass is 472 g/mol. The summed E-state index contributed by atoms with van der Waals surface area (Å²) in [6.07, 6.45) is 2.24. The molecule has 1 aliphatic carbocycles. The van der Waals surface area contributed by atoms with Gasteiger partial charge in [-0.25, -0.2) is 0 Å². The molecule has 0 radical (unpaired) electrons. The normalized spacial score (nSPS) is 12.2. The van der Waals surface area contributed by atoms with Crippen molar-refractivity contribution in [2.24, 2.45) is 0 Å². The van der Waals surface area contributed by atoms with Crippen molar-refractivity contribution in [1.82, 2.24) is 5.16 Å². The van der Waals surface area contributed by atoms with Gasteiger partial charge in [0, 0.05) is 33.9 Å². The van der Waals surface area contributed by atoms with E-state index in [0.717, 1.165) is 56.7 Å². The molecule has 0 unspecified atom stereocenters. The topological polar surface area (TPSA) is 46.3 Å². The van der Waals surface area contributed by atoms with Crippen LogP contribution < -0.4 is 4.90 Å². The Kier molecular flexibility index (Phi) is 5.20. The average Bonchev–Trinajstić information content (AvgIpc) is 3.25. The number of halogens is 1. The molecule has 154 valence electrons. The van der Waals surface area contributed by atoms with E-state index in [-0.39, 0.29) is 5.91 Å². The van der Waals surface area contributed by atoms with Crippen molar-refractivity contribution in [2.45, 2.75) is 19.3 Å². The number of anilines is 1. The lowest BCUT2D eigenvalue weighted by molar-refractivity contribution is -0.117. The van der Waals surface area contributed by atoms with Crippen molar-refractivity contribution in [2.75, 3.05) is 11.9 Å². The van der Waals surface area contributed by atoms with Crippen LogP contribution in [0.4, 0.5) is 5.69 Å². The molecule has 5 heteroatoms. The van der Waals surface area contributed by atoms with Crippen LogP contribution in [0.25, 0.3) is 22.6 Å². The van der Waals surface area contributed by atoms with Gasteiger partial charge in [0.25, 0.3) is 0 Å². The summed E-state index contributed by atoms with van der Waals surface area (Å²) in [5.41, 5.74) is 7.38. The van der Waals surface area contributed by atoms with Gasteiger partial charge in [0.15, 0.2) is 5.76 Å². The fraction of sp³-hybridized carbons (Fsp3) is 0.154. The Labute approximate surface area is 189 Å². The summed E-state index contributed by atoms with van der Waals surface area (Å²) in [4.78, 5) is 14.5. The van der Waals surface area contributed by atoms with E-state index in [0.29, 0.717) is 6.42 Å². The number of carbonyl (C=O) groups is 1. The van der Waals surface area contributed by atoms with Crippen LogP contribution in [0.1, 0.15) is 16.7 Å². The minimum Gasteiger partial charge on any atom is -0.355 e. The molecular weight excluding hydrogens is 452 g/mol. The number of rotatable bonds is 4. The Morgan fingerprint density at radius 3 is 2.55 bits per heavy atom. The predicted molar refractivity (Wildman–Crippen MR) is 126 cm³/mol. The molecule has 1 aromatic heterocycles. The van der Waals surface area contributed by atoms with Gasteiger partial charge in [-0.2, -0.15) is 0 Å². The second-order valence-electron chi connectivity index (χ2n) is 7.76. The number of fused-ring (bicyclic) bond motifs is 3. The number of benzene rings is 3.